The van der Waals surface area contributed by atoms with E-state index in [0.717, 1.165) is 0 Å². The molecule has 5 nitrogen and oxygen atoms in total. The van der Waals surface area contributed by atoms with Gasteiger partial charge in [-0.05, 0) is 17.8 Å². The van der Waals surface area contributed by atoms with Crippen molar-refractivity contribution in [2.24, 2.45) is 7.05 Å². The van der Waals surface area contributed by atoms with Crippen LogP contribution < -0.4 is 5.32 Å². The molecule has 24 heavy (non-hydrogen) atoms. The average molecular weight is 358 g/mol. The van der Waals surface area contributed by atoms with Gasteiger partial charge in [-0.3, -0.25) is 9.89 Å². The molecule has 0 aliphatic rings. The Bertz CT molecular complexity index is 739. The standard InChI is InChI=1S/C15H17F3N4OS/c1-22-12(20-21-14(22)24)7-8-19-13(23)9-11(15(16,17)18)10-5-3-2-4-6-10/h2-6,11H,7-9H2,1H3,(H,19,23)(H,21,24)/t11-/m1/s1. The SMILES string of the molecule is Cn1c(CCNC(=O)C[C@H](c2ccccc2)C(F)(F)F)n[nH]c1=S. The van der Waals surface area contributed by atoms with Crippen molar-refractivity contribution in [1.29, 1.82) is 0 Å². The van der Waals surface area contributed by atoms with Gasteiger partial charge in [0, 0.05) is 26.4 Å². The number of benzene rings is 1. The van der Waals surface area contributed by atoms with Crippen LogP contribution in [-0.4, -0.2) is 33.4 Å². The van der Waals surface area contributed by atoms with Crippen LogP contribution in [0.2, 0.25) is 0 Å². The lowest BCUT2D eigenvalue weighted by Crippen LogP contribution is -2.31. The highest BCUT2D eigenvalue weighted by Crippen LogP contribution is 2.37. The van der Waals surface area contributed by atoms with Crippen LogP contribution in [0.1, 0.15) is 23.7 Å². The monoisotopic (exact) mass is 358 g/mol. The Labute approximate surface area is 141 Å². The van der Waals surface area contributed by atoms with Crippen molar-refractivity contribution < 1.29 is 18.0 Å². The summed E-state index contributed by atoms with van der Waals surface area (Å²) in [5.74, 6) is -1.85. The van der Waals surface area contributed by atoms with Gasteiger partial charge < -0.3 is 9.88 Å². The number of amides is 1. The number of rotatable bonds is 6. The first-order valence-electron chi connectivity index (χ1n) is 7.27. The van der Waals surface area contributed by atoms with E-state index in [-0.39, 0.29) is 12.1 Å². The molecule has 2 aromatic rings. The van der Waals surface area contributed by atoms with E-state index in [2.05, 4.69) is 15.5 Å². The van der Waals surface area contributed by atoms with Crippen molar-refractivity contribution in [3.8, 4) is 0 Å². The summed E-state index contributed by atoms with van der Waals surface area (Å²) in [6, 6.07) is 7.43. The number of carbonyl (C=O) groups excluding carboxylic acids is 1. The normalized spacial score (nSPS) is 12.8. The van der Waals surface area contributed by atoms with Crippen LogP contribution in [0.5, 0.6) is 0 Å². The molecule has 0 spiro atoms. The van der Waals surface area contributed by atoms with Gasteiger partial charge in [-0.1, -0.05) is 30.3 Å². The van der Waals surface area contributed by atoms with Crippen LogP contribution in [0, 0.1) is 4.77 Å². The van der Waals surface area contributed by atoms with Crippen LogP contribution in [0.3, 0.4) is 0 Å². The smallest absolute Gasteiger partial charge is 0.356 e. The predicted molar refractivity (Wildman–Crippen MR) is 85.0 cm³/mol. The van der Waals surface area contributed by atoms with Crippen molar-refractivity contribution in [3.05, 3.63) is 46.5 Å². The molecule has 1 aromatic heterocycles. The highest BCUT2D eigenvalue weighted by Gasteiger charge is 2.41. The van der Waals surface area contributed by atoms with Gasteiger partial charge in [0.1, 0.15) is 5.82 Å². The van der Waals surface area contributed by atoms with E-state index in [0.29, 0.717) is 17.0 Å². The minimum Gasteiger partial charge on any atom is -0.356 e. The Morgan fingerprint density at radius 1 is 1.38 bits per heavy atom. The van der Waals surface area contributed by atoms with Crippen molar-refractivity contribution in [1.82, 2.24) is 20.1 Å². The van der Waals surface area contributed by atoms with E-state index in [1.165, 1.54) is 24.3 Å². The largest absolute Gasteiger partial charge is 0.396 e. The quantitative estimate of drug-likeness (QED) is 0.781. The maximum Gasteiger partial charge on any atom is 0.396 e. The third kappa shape index (κ3) is 4.67. The Hall–Kier alpha value is -2.16. The lowest BCUT2D eigenvalue weighted by molar-refractivity contribution is -0.157. The van der Waals surface area contributed by atoms with Gasteiger partial charge in [0.2, 0.25) is 5.91 Å². The summed E-state index contributed by atoms with van der Waals surface area (Å²) in [5.41, 5.74) is 0.0783. The molecule has 1 aromatic carbocycles. The minimum atomic E-state index is -4.48. The second-order valence-corrected chi connectivity index (χ2v) is 5.70. The molecule has 0 saturated heterocycles. The summed E-state index contributed by atoms with van der Waals surface area (Å²) >= 11 is 4.96. The number of halogens is 3. The predicted octanol–water partition coefficient (Wildman–Crippen LogP) is 2.87. The van der Waals surface area contributed by atoms with Gasteiger partial charge >= 0.3 is 6.18 Å². The van der Waals surface area contributed by atoms with E-state index in [4.69, 9.17) is 12.2 Å². The molecule has 9 heteroatoms. The highest BCUT2D eigenvalue weighted by atomic mass is 32.1. The minimum absolute atomic E-state index is 0.0783. The van der Waals surface area contributed by atoms with Crippen LogP contribution in [-0.2, 0) is 18.3 Å². The van der Waals surface area contributed by atoms with Crippen LogP contribution in [0.15, 0.2) is 30.3 Å². The summed E-state index contributed by atoms with van der Waals surface area (Å²) in [7, 11) is 1.72. The number of aromatic nitrogens is 3. The van der Waals surface area contributed by atoms with Gasteiger partial charge in [0.15, 0.2) is 4.77 Å². The molecular formula is C15H17F3N4OS. The zero-order chi connectivity index (χ0) is 17.7. The molecule has 0 bridgehead atoms. The Balaban J connectivity index is 1.94. The van der Waals surface area contributed by atoms with Crippen molar-refractivity contribution >= 4 is 18.1 Å². The molecule has 0 radical (unpaired) electrons. The van der Waals surface area contributed by atoms with Crippen molar-refractivity contribution in [3.63, 3.8) is 0 Å². The molecule has 1 atom stereocenters. The van der Waals surface area contributed by atoms with Gasteiger partial charge in [-0.2, -0.15) is 18.3 Å². The maximum absolute atomic E-state index is 13.2. The first-order chi connectivity index (χ1) is 11.3. The summed E-state index contributed by atoms with van der Waals surface area (Å²) in [6.45, 7) is 0.186. The first-order valence-corrected chi connectivity index (χ1v) is 7.68. The average Bonchev–Trinajstić information content (AvgIpc) is 2.84. The van der Waals surface area contributed by atoms with Crippen molar-refractivity contribution in [2.45, 2.75) is 24.9 Å². The molecule has 2 N–H and O–H groups in total. The third-order valence-electron chi connectivity index (χ3n) is 3.63. The number of carbonyl (C=O) groups is 1. The first kappa shape index (κ1) is 18.2. The van der Waals surface area contributed by atoms with Crippen LogP contribution in [0.25, 0.3) is 0 Å². The molecule has 1 heterocycles. The topological polar surface area (TPSA) is 62.7 Å². The summed E-state index contributed by atoms with van der Waals surface area (Å²) in [5, 5.41) is 9.08. The van der Waals surface area contributed by atoms with Gasteiger partial charge in [0.05, 0.1) is 5.92 Å². The molecule has 0 saturated carbocycles. The molecule has 0 aliphatic carbocycles. The lowest BCUT2D eigenvalue weighted by atomic mass is 9.95. The molecule has 0 fully saturated rings. The molecule has 0 unspecified atom stereocenters. The maximum atomic E-state index is 13.2. The number of hydrogen-bond donors (Lipinski definition) is 2. The molecule has 1 amide bonds. The summed E-state index contributed by atoms with van der Waals surface area (Å²) < 4.78 is 41.7. The number of H-pyrrole nitrogens is 1. The number of aromatic amines is 1. The Kier molecular flexibility index (Phi) is 5.76. The van der Waals surface area contributed by atoms with E-state index in [1.54, 1.807) is 17.7 Å². The van der Waals surface area contributed by atoms with E-state index < -0.39 is 24.4 Å². The fraction of sp³-hybridized carbons (Fsp3) is 0.400. The molecular weight excluding hydrogens is 341 g/mol. The van der Waals surface area contributed by atoms with E-state index in [1.807, 2.05) is 0 Å². The number of hydrogen-bond acceptors (Lipinski definition) is 3. The van der Waals surface area contributed by atoms with Gasteiger partial charge in [-0.15, -0.1) is 0 Å². The number of alkyl halides is 3. The van der Waals surface area contributed by atoms with Crippen LogP contribution >= 0.6 is 12.2 Å². The molecule has 2 rings (SSSR count). The summed E-state index contributed by atoms with van der Waals surface area (Å²) in [6.07, 6.45) is -4.76. The number of nitrogens with zero attached hydrogens (tertiary/aromatic N) is 2. The molecule has 0 aliphatic heterocycles. The highest BCUT2D eigenvalue weighted by molar-refractivity contribution is 7.71. The van der Waals surface area contributed by atoms with E-state index in [9.17, 15) is 18.0 Å². The fourth-order valence-corrected chi connectivity index (χ4v) is 2.43. The zero-order valence-electron chi connectivity index (χ0n) is 12.9. The number of nitrogens with one attached hydrogen (secondary N) is 2. The van der Waals surface area contributed by atoms with E-state index >= 15 is 0 Å². The van der Waals surface area contributed by atoms with Gasteiger partial charge in [-0.25, -0.2) is 0 Å². The fourth-order valence-electron chi connectivity index (χ4n) is 2.28. The van der Waals surface area contributed by atoms with Crippen molar-refractivity contribution in [2.75, 3.05) is 6.54 Å². The third-order valence-corrected chi connectivity index (χ3v) is 3.99. The zero-order valence-corrected chi connectivity index (χ0v) is 13.7. The van der Waals surface area contributed by atoms with Crippen LogP contribution in [0.4, 0.5) is 13.2 Å². The summed E-state index contributed by atoms with van der Waals surface area (Å²) in [4.78, 5) is 11.9. The van der Waals surface area contributed by atoms with Gasteiger partial charge in [0.25, 0.3) is 0 Å². The second-order valence-electron chi connectivity index (χ2n) is 5.31. The Morgan fingerprint density at radius 3 is 2.58 bits per heavy atom. The molecule has 130 valence electrons. The Morgan fingerprint density at radius 2 is 2.04 bits per heavy atom. The lowest BCUT2D eigenvalue weighted by Gasteiger charge is -2.20. The second kappa shape index (κ2) is 7.61.